The van der Waals surface area contributed by atoms with Gasteiger partial charge < -0.3 is 10.4 Å². The quantitative estimate of drug-likeness (QED) is 0.840. The standard InChI is InChI=1S/C13H16N2O3/c16-8-9-1-3-10(4-2-9)14-13(17)15-11-5-6-12(7-11)18-15/h1-4,11-12,16H,5-8H2,(H,14,17). The summed E-state index contributed by atoms with van der Waals surface area (Å²) in [6.45, 7) is 0.00716. The van der Waals surface area contributed by atoms with Gasteiger partial charge in [-0.2, -0.15) is 5.06 Å². The molecule has 2 amide bonds. The number of amides is 2. The molecule has 1 aliphatic carbocycles. The molecule has 2 N–H and O–H groups in total. The smallest absolute Gasteiger partial charge is 0.346 e. The van der Waals surface area contributed by atoms with E-state index < -0.39 is 0 Å². The number of nitrogens with one attached hydrogen (secondary N) is 1. The molecule has 0 spiro atoms. The number of aliphatic hydroxyl groups excluding tert-OH is 1. The van der Waals surface area contributed by atoms with E-state index in [-0.39, 0.29) is 24.8 Å². The number of benzene rings is 1. The summed E-state index contributed by atoms with van der Waals surface area (Å²) in [6, 6.07) is 7.14. The average molecular weight is 248 g/mol. The first-order chi connectivity index (χ1) is 8.76. The van der Waals surface area contributed by atoms with Crippen molar-refractivity contribution in [3.63, 3.8) is 0 Å². The Labute approximate surface area is 105 Å². The fourth-order valence-electron chi connectivity index (χ4n) is 2.56. The highest BCUT2D eigenvalue weighted by molar-refractivity contribution is 5.89. The van der Waals surface area contributed by atoms with Gasteiger partial charge in [0.1, 0.15) is 0 Å². The Kier molecular flexibility index (Phi) is 2.93. The van der Waals surface area contributed by atoms with E-state index in [2.05, 4.69) is 5.32 Å². The highest BCUT2D eigenvalue weighted by atomic mass is 16.7. The second-order valence-electron chi connectivity index (χ2n) is 4.81. The first-order valence-corrected chi connectivity index (χ1v) is 6.23. The zero-order valence-corrected chi connectivity index (χ0v) is 10.0. The molecule has 1 heterocycles. The number of carbonyl (C=O) groups is 1. The molecule has 1 saturated heterocycles. The average Bonchev–Trinajstić information content (AvgIpc) is 3.02. The van der Waals surface area contributed by atoms with Gasteiger partial charge in [-0.25, -0.2) is 4.79 Å². The van der Waals surface area contributed by atoms with Crippen LogP contribution in [0.15, 0.2) is 24.3 Å². The zero-order chi connectivity index (χ0) is 12.5. The molecule has 1 saturated carbocycles. The summed E-state index contributed by atoms with van der Waals surface area (Å²) in [5.41, 5.74) is 1.54. The predicted octanol–water partition coefficient (Wildman–Crippen LogP) is 1.88. The maximum absolute atomic E-state index is 12.0. The van der Waals surface area contributed by atoms with Crippen molar-refractivity contribution in [1.82, 2.24) is 5.06 Å². The van der Waals surface area contributed by atoms with Crippen LogP contribution >= 0.6 is 0 Å². The summed E-state index contributed by atoms with van der Waals surface area (Å²) in [4.78, 5) is 17.5. The molecule has 18 heavy (non-hydrogen) atoms. The molecule has 0 radical (unpaired) electrons. The number of hydrogen-bond donors (Lipinski definition) is 2. The van der Waals surface area contributed by atoms with Crippen molar-refractivity contribution in [1.29, 1.82) is 0 Å². The van der Waals surface area contributed by atoms with Crippen LogP contribution in [0.4, 0.5) is 10.5 Å². The SMILES string of the molecule is O=C(Nc1ccc(CO)cc1)N1OC2CCC1C2. The van der Waals surface area contributed by atoms with E-state index in [0.29, 0.717) is 5.69 Å². The van der Waals surface area contributed by atoms with E-state index in [0.717, 1.165) is 24.8 Å². The topological polar surface area (TPSA) is 61.8 Å². The fraction of sp³-hybridized carbons (Fsp3) is 0.462. The van der Waals surface area contributed by atoms with Crippen molar-refractivity contribution < 1.29 is 14.7 Å². The Morgan fingerprint density at radius 2 is 2.17 bits per heavy atom. The maximum Gasteiger partial charge on any atom is 0.346 e. The third-order valence-electron chi connectivity index (χ3n) is 3.54. The van der Waals surface area contributed by atoms with Crippen molar-refractivity contribution in [2.45, 2.75) is 38.0 Å². The lowest BCUT2D eigenvalue weighted by Gasteiger charge is -2.25. The number of hydrogen-bond acceptors (Lipinski definition) is 3. The number of aliphatic hydroxyl groups is 1. The largest absolute Gasteiger partial charge is 0.392 e. The normalized spacial score (nSPS) is 25.5. The van der Waals surface area contributed by atoms with E-state index in [1.807, 2.05) is 0 Å². The van der Waals surface area contributed by atoms with Gasteiger partial charge >= 0.3 is 6.03 Å². The van der Waals surface area contributed by atoms with Crippen LogP contribution in [0, 0.1) is 0 Å². The van der Waals surface area contributed by atoms with Crippen LogP contribution < -0.4 is 5.32 Å². The Hall–Kier alpha value is -1.59. The number of rotatable bonds is 2. The predicted molar refractivity (Wildman–Crippen MR) is 65.7 cm³/mol. The molecule has 5 nitrogen and oxygen atoms in total. The third-order valence-corrected chi connectivity index (χ3v) is 3.54. The van der Waals surface area contributed by atoms with Gasteiger partial charge in [-0.1, -0.05) is 12.1 Å². The number of anilines is 1. The maximum atomic E-state index is 12.0. The summed E-state index contributed by atoms with van der Waals surface area (Å²) < 4.78 is 0. The molecule has 3 rings (SSSR count). The van der Waals surface area contributed by atoms with Crippen LogP contribution in [0.25, 0.3) is 0 Å². The molecular weight excluding hydrogens is 232 g/mol. The van der Waals surface area contributed by atoms with Crippen LogP contribution in [0.5, 0.6) is 0 Å². The fourth-order valence-corrected chi connectivity index (χ4v) is 2.56. The molecule has 2 unspecified atom stereocenters. The van der Waals surface area contributed by atoms with Crippen LogP contribution in [0.1, 0.15) is 24.8 Å². The van der Waals surface area contributed by atoms with Crippen molar-refractivity contribution in [3.05, 3.63) is 29.8 Å². The zero-order valence-electron chi connectivity index (χ0n) is 10.0. The molecule has 0 aromatic heterocycles. The van der Waals surface area contributed by atoms with Gasteiger partial charge in [-0.3, -0.25) is 4.84 Å². The van der Waals surface area contributed by atoms with Crippen molar-refractivity contribution >= 4 is 11.7 Å². The van der Waals surface area contributed by atoms with Crippen LogP contribution in [0.3, 0.4) is 0 Å². The number of hydroxylamine groups is 2. The van der Waals surface area contributed by atoms with Crippen molar-refractivity contribution in [2.75, 3.05) is 5.32 Å². The lowest BCUT2D eigenvalue weighted by molar-refractivity contribution is -0.140. The van der Waals surface area contributed by atoms with Crippen LogP contribution in [0.2, 0.25) is 0 Å². The summed E-state index contributed by atoms with van der Waals surface area (Å²) >= 11 is 0. The first kappa shape index (κ1) is 11.5. The molecule has 96 valence electrons. The summed E-state index contributed by atoms with van der Waals surface area (Å²) in [7, 11) is 0. The minimum absolute atomic E-state index is 0.00716. The molecule has 2 bridgehead atoms. The number of fused-ring (bicyclic) bond motifs is 2. The van der Waals surface area contributed by atoms with Gasteiger partial charge in [-0.05, 0) is 37.0 Å². The van der Waals surface area contributed by atoms with E-state index in [1.54, 1.807) is 24.3 Å². The summed E-state index contributed by atoms with van der Waals surface area (Å²) in [6.07, 6.45) is 3.26. The Balaban J connectivity index is 1.63. The first-order valence-electron chi connectivity index (χ1n) is 6.23. The van der Waals surface area contributed by atoms with E-state index in [9.17, 15) is 4.79 Å². The molecule has 1 aromatic carbocycles. The van der Waals surface area contributed by atoms with Gasteiger partial charge in [0, 0.05) is 5.69 Å². The highest BCUT2D eigenvalue weighted by Crippen LogP contribution is 2.35. The van der Waals surface area contributed by atoms with E-state index in [4.69, 9.17) is 9.94 Å². The second kappa shape index (κ2) is 4.59. The molecular formula is C13H16N2O3. The highest BCUT2D eigenvalue weighted by Gasteiger charge is 2.42. The van der Waals surface area contributed by atoms with Crippen LogP contribution in [-0.4, -0.2) is 28.3 Å². The van der Waals surface area contributed by atoms with Crippen LogP contribution in [-0.2, 0) is 11.4 Å². The Morgan fingerprint density at radius 1 is 1.39 bits per heavy atom. The minimum Gasteiger partial charge on any atom is -0.392 e. The van der Waals surface area contributed by atoms with Gasteiger partial charge in [0.05, 0.1) is 18.8 Å². The minimum atomic E-state index is -0.209. The molecule has 1 aliphatic heterocycles. The number of nitrogens with zero attached hydrogens (tertiary/aromatic N) is 1. The van der Waals surface area contributed by atoms with E-state index in [1.165, 1.54) is 5.06 Å². The molecule has 2 atom stereocenters. The lowest BCUT2D eigenvalue weighted by atomic mass is 10.2. The second-order valence-corrected chi connectivity index (χ2v) is 4.81. The number of urea groups is 1. The Bertz CT molecular complexity index is 446. The van der Waals surface area contributed by atoms with Gasteiger partial charge in [0.15, 0.2) is 0 Å². The summed E-state index contributed by atoms with van der Waals surface area (Å²) in [5.74, 6) is 0. The van der Waals surface area contributed by atoms with E-state index >= 15 is 0 Å². The monoisotopic (exact) mass is 248 g/mol. The van der Waals surface area contributed by atoms with Crippen molar-refractivity contribution in [2.24, 2.45) is 0 Å². The molecule has 5 heteroatoms. The molecule has 2 fully saturated rings. The Morgan fingerprint density at radius 3 is 2.72 bits per heavy atom. The van der Waals surface area contributed by atoms with Gasteiger partial charge in [0.2, 0.25) is 0 Å². The summed E-state index contributed by atoms with van der Waals surface area (Å²) in [5, 5.41) is 13.2. The van der Waals surface area contributed by atoms with Gasteiger partial charge in [-0.15, -0.1) is 0 Å². The molecule has 1 aromatic rings. The van der Waals surface area contributed by atoms with Gasteiger partial charge in [0.25, 0.3) is 0 Å². The number of carbonyl (C=O) groups excluding carboxylic acids is 1. The molecule has 2 aliphatic rings. The lowest BCUT2D eigenvalue weighted by Crippen LogP contribution is -2.39. The third kappa shape index (κ3) is 2.07. The van der Waals surface area contributed by atoms with Crippen molar-refractivity contribution in [3.8, 4) is 0 Å².